The van der Waals surface area contributed by atoms with Crippen molar-refractivity contribution in [2.45, 2.75) is 45.1 Å². The number of hydrogen-bond acceptors (Lipinski definition) is 5. The topological polar surface area (TPSA) is 102 Å². The van der Waals surface area contributed by atoms with Crippen LogP contribution in [0.3, 0.4) is 0 Å². The van der Waals surface area contributed by atoms with Gasteiger partial charge in [0, 0.05) is 18.3 Å². The second kappa shape index (κ2) is 8.94. The first-order valence-electron chi connectivity index (χ1n) is 8.93. The summed E-state index contributed by atoms with van der Waals surface area (Å²) in [4.78, 5) is 19.1. The van der Waals surface area contributed by atoms with Gasteiger partial charge in [0.1, 0.15) is 6.54 Å². The largest absolute Gasteiger partial charge is 0.369 e. The van der Waals surface area contributed by atoms with Crippen LogP contribution in [0.4, 0.5) is 5.95 Å². The van der Waals surface area contributed by atoms with Crippen molar-refractivity contribution < 1.29 is 4.79 Å². The van der Waals surface area contributed by atoms with Crippen molar-refractivity contribution in [3.05, 3.63) is 59.7 Å². The molecule has 0 amide bonds. The molecule has 0 unspecified atom stereocenters. The van der Waals surface area contributed by atoms with Crippen LogP contribution in [-0.2, 0) is 30.6 Å². The highest BCUT2D eigenvalue weighted by Crippen LogP contribution is 2.07. The van der Waals surface area contributed by atoms with E-state index in [4.69, 9.17) is 5.73 Å². The number of nitrogen functional groups attached to an aromatic ring is 1. The average molecular weight is 352 g/mol. The molecule has 0 fully saturated rings. The summed E-state index contributed by atoms with van der Waals surface area (Å²) in [6.07, 6.45) is 8.54. The van der Waals surface area contributed by atoms with Gasteiger partial charge in [-0.25, -0.2) is 9.67 Å². The van der Waals surface area contributed by atoms with Gasteiger partial charge < -0.3 is 10.7 Å². The van der Waals surface area contributed by atoms with E-state index in [0.29, 0.717) is 18.9 Å². The Hall–Kier alpha value is -2.96. The lowest BCUT2D eigenvalue weighted by Gasteiger charge is -2.02. The molecule has 1 aromatic carbocycles. The lowest BCUT2D eigenvalue weighted by Crippen LogP contribution is -2.10. The van der Waals surface area contributed by atoms with Gasteiger partial charge in [0.05, 0.1) is 11.9 Å². The molecule has 0 atom stereocenters. The summed E-state index contributed by atoms with van der Waals surface area (Å²) in [6, 6.07) is 10.2. The number of carbonyl (C=O) groups excluding carboxylic acids is 1. The molecule has 2 heterocycles. The van der Waals surface area contributed by atoms with Crippen molar-refractivity contribution >= 4 is 11.7 Å². The number of aromatic amines is 1. The van der Waals surface area contributed by atoms with Crippen LogP contribution < -0.4 is 5.73 Å². The molecule has 0 spiro atoms. The third-order valence-electron chi connectivity index (χ3n) is 4.22. The fourth-order valence-corrected chi connectivity index (χ4v) is 2.89. The number of Topliss-reactive ketones (excluding diaryl/α,β-unsaturated/α-hetero) is 1. The Bertz CT molecular complexity index is 823. The summed E-state index contributed by atoms with van der Waals surface area (Å²) >= 11 is 0. The van der Waals surface area contributed by atoms with Gasteiger partial charge in [-0.2, -0.15) is 0 Å². The normalized spacial score (nSPS) is 10.9. The fourth-order valence-electron chi connectivity index (χ4n) is 2.89. The van der Waals surface area contributed by atoms with E-state index in [9.17, 15) is 4.79 Å². The monoisotopic (exact) mass is 352 g/mol. The number of H-pyrrole nitrogens is 1. The predicted molar refractivity (Wildman–Crippen MR) is 99.4 cm³/mol. The quantitative estimate of drug-likeness (QED) is 0.583. The Morgan fingerprint density at radius 3 is 2.73 bits per heavy atom. The first-order valence-corrected chi connectivity index (χ1v) is 8.93. The molecule has 7 heteroatoms. The molecule has 3 N–H and O–H groups in total. The Morgan fingerprint density at radius 2 is 1.96 bits per heavy atom. The van der Waals surface area contributed by atoms with Crippen molar-refractivity contribution in [2.75, 3.05) is 5.73 Å². The molecule has 0 aliphatic rings. The molecular formula is C19H24N6O. The lowest BCUT2D eigenvalue weighted by molar-refractivity contribution is -0.119. The van der Waals surface area contributed by atoms with E-state index in [1.54, 1.807) is 10.9 Å². The van der Waals surface area contributed by atoms with Crippen molar-refractivity contribution in [1.29, 1.82) is 0 Å². The first kappa shape index (κ1) is 17.8. The van der Waals surface area contributed by atoms with Crippen LogP contribution in [0, 0.1) is 0 Å². The minimum absolute atomic E-state index is 0.185. The lowest BCUT2D eigenvalue weighted by atomic mass is 10.1. The minimum Gasteiger partial charge on any atom is -0.369 e. The molecule has 0 saturated heterocycles. The van der Waals surface area contributed by atoms with Crippen molar-refractivity contribution in [3.8, 4) is 0 Å². The minimum atomic E-state index is 0.185. The Labute approximate surface area is 152 Å². The van der Waals surface area contributed by atoms with Gasteiger partial charge in [-0.15, -0.1) is 5.10 Å². The first-order chi connectivity index (χ1) is 12.7. The maximum Gasteiger partial charge on any atom is 0.197 e. The second-order valence-corrected chi connectivity index (χ2v) is 6.43. The van der Waals surface area contributed by atoms with E-state index in [1.807, 2.05) is 24.4 Å². The number of nitrogens with two attached hydrogens (primary N) is 1. The van der Waals surface area contributed by atoms with E-state index >= 15 is 0 Å². The maximum atomic E-state index is 12.1. The van der Waals surface area contributed by atoms with Gasteiger partial charge in [0.2, 0.25) is 0 Å². The molecule has 0 radical (unpaired) electrons. The van der Waals surface area contributed by atoms with Crippen LogP contribution in [0.5, 0.6) is 0 Å². The summed E-state index contributed by atoms with van der Waals surface area (Å²) < 4.78 is 1.63. The zero-order chi connectivity index (χ0) is 18.2. The van der Waals surface area contributed by atoms with E-state index < -0.39 is 0 Å². The highest BCUT2D eigenvalue weighted by Gasteiger charge is 2.07. The Balaban J connectivity index is 1.36. The number of hydrogen-bond donors (Lipinski definition) is 2. The molecule has 0 aliphatic heterocycles. The van der Waals surface area contributed by atoms with Gasteiger partial charge in [-0.1, -0.05) is 35.5 Å². The van der Waals surface area contributed by atoms with E-state index in [-0.39, 0.29) is 5.78 Å². The number of aromatic nitrogens is 5. The summed E-state index contributed by atoms with van der Waals surface area (Å²) in [6.45, 7) is 0.291. The summed E-state index contributed by atoms with van der Waals surface area (Å²) in [7, 11) is 0. The molecule has 2 aromatic heterocycles. The van der Waals surface area contributed by atoms with Gasteiger partial charge in [0.15, 0.2) is 11.7 Å². The molecule has 0 bridgehead atoms. The molecule has 0 saturated carbocycles. The smallest absolute Gasteiger partial charge is 0.197 e. The maximum absolute atomic E-state index is 12.1. The van der Waals surface area contributed by atoms with E-state index in [0.717, 1.165) is 43.5 Å². The molecule has 136 valence electrons. The molecule has 7 nitrogen and oxygen atoms in total. The predicted octanol–water partition coefficient (Wildman–Crippen LogP) is 2.35. The summed E-state index contributed by atoms with van der Waals surface area (Å²) in [5.41, 5.74) is 8.74. The van der Waals surface area contributed by atoms with Crippen LogP contribution in [0.15, 0.2) is 42.7 Å². The third kappa shape index (κ3) is 5.54. The van der Waals surface area contributed by atoms with Crippen LogP contribution in [0.1, 0.15) is 36.2 Å². The number of rotatable bonds is 10. The van der Waals surface area contributed by atoms with Crippen LogP contribution in [0.25, 0.3) is 0 Å². The third-order valence-corrected chi connectivity index (χ3v) is 4.22. The zero-order valence-corrected chi connectivity index (χ0v) is 14.8. The van der Waals surface area contributed by atoms with Crippen LogP contribution >= 0.6 is 0 Å². The molecule has 3 rings (SSSR count). The number of aryl methyl sites for hydroxylation is 3. The molecular weight excluding hydrogens is 328 g/mol. The standard InChI is InChI=1S/C19H24N6O/c20-19-21-12-16(22-19)9-5-10-17-13-25(24-23-17)14-18(26)11-4-8-15-6-2-1-3-7-15/h1-3,6-7,12-13H,4-5,8-11,14H2,(H3,20,21,22). The van der Waals surface area contributed by atoms with E-state index in [2.05, 4.69) is 32.4 Å². The highest BCUT2D eigenvalue weighted by molar-refractivity contribution is 5.78. The number of anilines is 1. The number of carbonyl (C=O) groups is 1. The second-order valence-electron chi connectivity index (χ2n) is 6.43. The summed E-state index contributed by atoms with van der Waals surface area (Å²) in [5.74, 6) is 0.627. The number of ketones is 1. The molecule has 0 aliphatic carbocycles. The van der Waals surface area contributed by atoms with Crippen molar-refractivity contribution in [3.63, 3.8) is 0 Å². The van der Waals surface area contributed by atoms with Crippen molar-refractivity contribution in [1.82, 2.24) is 25.0 Å². The number of nitrogens with zero attached hydrogens (tertiary/aromatic N) is 4. The average Bonchev–Trinajstić information content (AvgIpc) is 3.25. The SMILES string of the molecule is Nc1ncc(CCCc2cn(CC(=O)CCCc3ccccc3)nn2)[nH]1. The van der Waals surface area contributed by atoms with E-state index in [1.165, 1.54) is 5.56 Å². The number of imidazole rings is 1. The zero-order valence-electron chi connectivity index (χ0n) is 14.8. The molecule has 26 heavy (non-hydrogen) atoms. The molecule has 3 aromatic rings. The Kier molecular flexibility index (Phi) is 6.14. The highest BCUT2D eigenvalue weighted by atomic mass is 16.1. The van der Waals surface area contributed by atoms with Crippen LogP contribution in [0.2, 0.25) is 0 Å². The van der Waals surface area contributed by atoms with Crippen molar-refractivity contribution in [2.24, 2.45) is 0 Å². The fraction of sp³-hybridized carbons (Fsp3) is 0.368. The van der Waals surface area contributed by atoms with Gasteiger partial charge in [-0.3, -0.25) is 4.79 Å². The van der Waals surface area contributed by atoms with Gasteiger partial charge >= 0.3 is 0 Å². The summed E-state index contributed by atoms with van der Waals surface area (Å²) in [5, 5.41) is 8.20. The van der Waals surface area contributed by atoms with Crippen LogP contribution in [-0.4, -0.2) is 30.7 Å². The Morgan fingerprint density at radius 1 is 1.12 bits per heavy atom. The van der Waals surface area contributed by atoms with Gasteiger partial charge in [-0.05, 0) is 37.7 Å². The number of benzene rings is 1. The number of nitrogens with one attached hydrogen (secondary N) is 1. The van der Waals surface area contributed by atoms with Gasteiger partial charge in [0.25, 0.3) is 0 Å².